The van der Waals surface area contributed by atoms with E-state index in [9.17, 15) is 4.39 Å². The lowest BCUT2D eigenvalue weighted by molar-refractivity contribution is 0.387. The predicted octanol–water partition coefficient (Wildman–Crippen LogP) is 2.28. The van der Waals surface area contributed by atoms with Crippen LogP contribution < -0.4 is 16.2 Å². The van der Waals surface area contributed by atoms with Crippen LogP contribution in [0.1, 0.15) is 6.92 Å². The number of hydrogen-bond acceptors (Lipinski definition) is 8. The van der Waals surface area contributed by atoms with Crippen molar-refractivity contribution >= 4 is 23.1 Å². The standard InChI is InChI=1S/C18H17FN8O/c1-3-27-15(11-6-7-22-17(20)23-11)24-14-13(25-18(21)26-16(14)27)9-4-5-10(19)12(8-9)28-2/h4-8H,3H2,1-2H3,(H2,20,22,23)(H2,21,25,26). The fourth-order valence-corrected chi connectivity index (χ4v) is 3.02. The number of nitrogen functional groups attached to an aromatic ring is 2. The van der Waals surface area contributed by atoms with Gasteiger partial charge in [0.15, 0.2) is 23.0 Å². The van der Waals surface area contributed by atoms with Gasteiger partial charge in [-0.15, -0.1) is 0 Å². The highest BCUT2D eigenvalue weighted by molar-refractivity contribution is 5.90. The lowest BCUT2D eigenvalue weighted by Gasteiger charge is -2.07. The summed E-state index contributed by atoms with van der Waals surface area (Å²) in [5.74, 6) is 0.402. The Morgan fingerprint density at radius 1 is 1.07 bits per heavy atom. The number of hydrogen-bond donors (Lipinski definition) is 2. The Kier molecular flexibility index (Phi) is 4.22. The van der Waals surface area contributed by atoms with E-state index >= 15 is 0 Å². The number of nitrogens with zero attached hydrogens (tertiary/aromatic N) is 6. The molecule has 0 aliphatic rings. The first kappa shape index (κ1) is 17.6. The van der Waals surface area contributed by atoms with Crippen molar-refractivity contribution in [3.8, 4) is 28.5 Å². The number of ether oxygens (including phenoxy) is 1. The molecule has 0 amide bonds. The van der Waals surface area contributed by atoms with Crippen LogP contribution in [0.25, 0.3) is 33.9 Å². The molecule has 4 aromatic rings. The minimum atomic E-state index is -0.472. The highest BCUT2D eigenvalue weighted by Gasteiger charge is 2.20. The summed E-state index contributed by atoms with van der Waals surface area (Å²) in [7, 11) is 1.40. The summed E-state index contributed by atoms with van der Waals surface area (Å²) in [4.78, 5) is 21.5. The highest BCUT2D eigenvalue weighted by Crippen LogP contribution is 2.32. The SMILES string of the molecule is CCn1c(-c2ccnc(N)n2)nc2c(-c3ccc(F)c(OC)c3)nc(N)nc21. The van der Waals surface area contributed by atoms with Crippen LogP contribution in [0.5, 0.6) is 5.75 Å². The zero-order valence-corrected chi connectivity index (χ0v) is 15.2. The van der Waals surface area contributed by atoms with Crippen molar-refractivity contribution in [2.45, 2.75) is 13.5 Å². The van der Waals surface area contributed by atoms with Crippen LogP contribution in [0.15, 0.2) is 30.5 Å². The van der Waals surface area contributed by atoms with E-state index in [1.54, 1.807) is 24.4 Å². The quantitative estimate of drug-likeness (QED) is 0.551. The molecule has 3 aromatic heterocycles. The number of anilines is 2. The Balaban J connectivity index is 2.01. The van der Waals surface area contributed by atoms with Crippen molar-refractivity contribution in [3.05, 3.63) is 36.3 Å². The number of aryl methyl sites for hydroxylation is 1. The molecule has 0 saturated heterocycles. The average Bonchev–Trinajstić information content (AvgIpc) is 3.06. The lowest BCUT2D eigenvalue weighted by atomic mass is 10.1. The number of fused-ring (bicyclic) bond motifs is 1. The molecule has 1 aromatic carbocycles. The molecule has 0 atom stereocenters. The van der Waals surface area contributed by atoms with Gasteiger partial charge in [0.25, 0.3) is 0 Å². The summed E-state index contributed by atoms with van der Waals surface area (Å²) >= 11 is 0. The maximum absolute atomic E-state index is 13.8. The Hall–Kier alpha value is -3.82. The fourth-order valence-electron chi connectivity index (χ4n) is 3.02. The highest BCUT2D eigenvalue weighted by atomic mass is 19.1. The Bertz CT molecular complexity index is 1190. The number of nitrogens with two attached hydrogens (primary N) is 2. The molecule has 0 fully saturated rings. The summed E-state index contributed by atoms with van der Waals surface area (Å²) < 4.78 is 20.8. The van der Waals surface area contributed by atoms with Crippen molar-refractivity contribution in [1.29, 1.82) is 0 Å². The second kappa shape index (κ2) is 6.72. The molecular weight excluding hydrogens is 363 g/mol. The maximum atomic E-state index is 13.8. The number of benzene rings is 1. The van der Waals surface area contributed by atoms with Crippen LogP contribution in [0.3, 0.4) is 0 Å². The molecule has 0 aliphatic heterocycles. The minimum absolute atomic E-state index is 0.0779. The Labute approximate surface area is 159 Å². The van der Waals surface area contributed by atoms with Gasteiger partial charge in [-0.1, -0.05) is 0 Å². The van der Waals surface area contributed by atoms with Crippen molar-refractivity contribution in [2.75, 3.05) is 18.6 Å². The number of rotatable bonds is 4. The van der Waals surface area contributed by atoms with Crippen LogP contribution in [0.2, 0.25) is 0 Å². The summed E-state index contributed by atoms with van der Waals surface area (Å²) in [6, 6.07) is 6.15. The van der Waals surface area contributed by atoms with Crippen LogP contribution in [-0.2, 0) is 6.54 Å². The fraction of sp³-hybridized carbons (Fsp3) is 0.167. The van der Waals surface area contributed by atoms with Crippen LogP contribution in [-0.4, -0.2) is 36.6 Å². The topological polar surface area (TPSA) is 131 Å². The number of halogens is 1. The third kappa shape index (κ3) is 2.84. The summed E-state index contributed by atoms with van der Waals surface area (Å²) in [5, 5.41) is 0. The second-order valence-corrected chi connectivity index (χ2v) is 5.93. The first-order valence-corrected chi connectivity index (χ1v) is 8.48. The molecule has 4 N–H and O–H groups in total. The first-order chi connectivity index (χ1) is 13.5. The van der Waals surface area contributed by atoms with Crippen LogP contribution >= 0.6 is 0 Å². The monoisotopic (exact) mass is 380 g/mol. The van der Waals surface area contributed by atoms with E-state index in [1.165, 1.54) is 13.2 Å². The van der Waals surface area contributed by atoms with E-state index in [2.05, 4.69) is 19.9 Å². The van der Waals surface area contributed by atoms with Gasteiger partial charge < -0.3 is 20.8 Å². The van der Waals surface area contributed by atoms with Crippen molar-refractivity contribution in [3.63, 3.8) is 0 Å². The van der Waals surface area contributed by atoms with E-state index < -0.39 is 5.82 Å². The van der Waals surface area contributed by atoms with E-state index in [1.807, 2.05) is 11.5 Å². The van der Waals surface area contributed by atoms with Gasteiger partial charge in [0, 0.05) is 18.3 Å². The maximum Gasteiger partial charge on any atom is 0.222 e. The average molecular weight is 380 g/mol. The van der Waals surface area contributed by atoms with Gasteiger partial charge in [0.1, 0.15) is 16.9 Å². The predicted molar refractivity (Wildman–Crippen MR) is 103 cm³/mol. The van der Waals surface area contributed by atoms with E-state index in [4.69, 9.17) is 21.2 Å². The van der Waals surface area contributed by atoms with Gasteiger partial charge in [-0.2, -0.15) is 4.98 Å². The zero-order valence-electron chi connectivity index (χ0n) is 15.2. The number of methoxy groups -OCH3 is 1. The zero-order chi connectivity index (χ0) is 19.8. The van der Waals surface area contributed by atoms with E-state index in [-0.39, 0.29) is 17.6 Å². The van der Waals surface area contributed by atoms with Gasteiger partial charge in [-0.25, -0.2) is 24.3 Å². The van der Waals surface area contributed by atoms with Gasteiger partial charge in [0.05, 0.1) is 7.11 Å². The second-order valence-electron chi connectivity index (χ2n) is 5.93. The normalized spacial score (nSPS) is 11.1. The molecule has 0 unspecified atom stereocenters. The van der Waals surface area contributed by atoms with E-state index in [0.29, 0.717) is 40.5 Å². The van der Waals surface area contributed by atoms with Gasteiger partial charge >= 0.3 is 0 Å². The molecule has 0 bridgehead atoms. The molecule has 142 valence electrons. The summed E-state index contributed by atoms with van der Waals surface area (Å²) in [6.45, 7) is 2.52. The molecule has 4 rings (SSSR count). The molecule has 0 radical (unpaired) electrons. The van der Waals surface area contributed by atoms with Gasteiger partial charge in [-0.3, -0.25) is 0 Å². The minimum Gasteiger partial charge on any atom is -0.494 e. The lowest BCUT2D eigenvalue weighted by Crippen LogP contribution is -2.04. The number of aromatic nitrogens is 6. The van der Waals surface area contributed by atoms with E-state index in [0.717, 1.165) is 0 Å². The van der Waals surface area contributed by atoms with Gasteiger partial charge in [0.2, 0.25) is 11.9 Å². The first-order valence-electron chi connectivity index (χ1n) is 8.48. The van der Waals surface area contributed by atoms with Crippen LogP contribution in [0, 0.1) is 5.82 Å². The molecule has 10 heteroatoms. The summed E-state index contributed by atoms with van der Waals surface area (Å²) in [5.41, 5.74) is 14.3. The molecule has 0 aliphatic carbocycles. The molecular formula is C18H17FN8O. The number of imidazole rings is 1. The molecule has 0 saturated carbocycles. The molecule has 9 nitrogen and oxygen atoms in total. The Morgan fingerprint density at radius 2 is 1.89 bits per heavy atom. The van der Waals surface area contributed by atoms with Crippen molar-refractivity contribution < 1.29 is 9.13 Å². The smallest absolute Gasteiger partial charge is 0.222 e. The third-order valence-corrected chi connectivity index (χ3v) is 4.26. The largest absolute Gasteiger partial charge is 0.494 e. The van der Waals surface area contributed by atoms with Gasteiger partial charge in [-0.05, 0) is 31.2 Å². The van der Waals surface area contributed by atoms with Crippen LogP contribution in [0.4, 0.5) is 16.3 Å². The van der Waals surface area contributed by atoms with Crippen molar-refractivity contribution in [2.24, 2.45) is 0 Å². The molecule has 3 heterocycles. The summed E-state index contributed by atoms with van der Waals surface area (Å²) in [6.07, 6.45) is 1.56. The molecule has 0 spiro atoms. The van der Waals surface area contributed by atoms with Crippen molar-refractivity contribution in [1.82, 2.24) is 29.5 Å². The Morgan fingerprint density at radius 3 is 2.61 bits per heavy atom. The molecule has 28 heavy (non-hydrogen) atoms. The third-order valence-electron chi connectivity index (χ3n) is 4.26.